The molecule has 0 aliphatic rings. The van der Waals surface area contributed by atoms with Gasteiger partial charge in [0.05, 0.1) is 0 Å². The molecule has 0 heterocycles. The maximum Gasteiger partial charge on any atom is 1.00 e. The van der Waals surface area contributed by atoms with Gasteiger partial charge in [-0.2, -0.15) is 0 Å². The second-order valence-electron chi connectivity index (χ2n) is 2.36. The van der Waals surface area contributed by atoms with Crippen LogP contribution in [-0.2, 0) is 0 Å². The fraction of sp³-hybridized carbons (Fsp3) is 0.800. The van der Waals surface area contributed by atoms with Crippen LogP contribution in [-0.4, -0.2) is 11.8 Å². The van der Waals surface area contributed by atoms with Gasteiger partial charge >= 0.3 is 132 Å². The summed E-state index contributed by atoms with van der Waals surface area (Å²) in [6.07, 6.45) is -2.33. The van der Waals surface area contributed by atoms with Gasteiger partial charge in [-0.15, -0.1) is 5.60 Å². The van der Waals surface area contributed by atoms with Crippen LogP contribution < -0.4 is 148 Å². The first-order valence-corrected chi connectivity index (χ1v) is 2.32. The summed E-state index contributed by atoms with van der Waals surface area (Å²) in [6.45, 7) is 4.90. The molecule has 7 heteroatoms. The summed E-state index contributed by atoms with van der Waals surface area (Å²) in [5.74, 6) is 0. The van der Waals surface area contributed by atoms with Crippen LogP contribution in [0.15, 0.2) is 0 Å². The molecule has 0 unspecified atom stereocenters. The molecule has 0 amide bonds. The molecule has 0 aliphatic heterocycles. The van der Waals surface area contributed by atoms with Gasteiger partial charge in [-0.05, 0) is 6.16 Å². The number of carbonyl (C=O) groups excluding carboxylic acids is 1. The van der Waals surface area contributed by atoms with Crippen LogP contribution in [0, 0.1) is 0 Å². The SMILES string of the molecule is CC(C)(C)[O-].O=C([O-])[O-].[K+].[K+].[Na+]. The Morgan fingerprint density at radius 1 is 1.08 bits per heavy atom. The average Bonchev–Trinajstić information content (AvgIpc) is 1.19. The van der Waals surface area contributed by atoms with E-state index in [1.54, 1.807) is 20.8 Å². The molecule has 0 aliphatic carbocycles. The zero-order valence-corrected chi connectivity index (χ0v) is 16.9. The molecule has 0 fully saturated rings. The van der Waals surface area contributed by atoms with Crippen LogP contribution in [0.4, 0.5) is 4.79 Å². The summed E-state index contributed by atoms with van der Waals surface area (Å²) < 4.78 is 0. The van der Waals surface area contributed by atoms with Crippen LogP contribution in [0.1, 0.15) is 20.8 Å². The molecule has 0 rings (SSSR count). The van der Waals surface area contributed by atoms with E-state index < -0.39 is 11.8 Å². The number of hydrogen-bond acceptors (Lipinski definition) is 4. The second-order valence-corrected chi connectivity index (χ2v) is 2.36. The summed E-state index contributed by atoms with van der Waals surface area (Å²) in [4.78, 5) is 8.33. The second kappa shape index (κ2) is 16.9. The molecule has 0 spiro atoms. The smallest absolute Gasteiger partial charge is 0.850 e. The van der Waals surface area contributed by atoms with Gasteiger partial charge in [-0.3, -0.25) is 0 Å². The van der Waals surface area contributed by atoms with E-state index in [0.29, 0.717) is 0 Å². The predicted octanol–water partition coefficient (Wildman–Crippen LogP) is -11.3. The van der Waals surface area contributed by atoms with E-state index in [0.717, 1.165) is 0 Å². The Labute approximate surface area is 180 Å². The van der Waals surface area contributed by atoms with Gasteiger partial charge in [-0.25, -0.2) is 0 Å². The Hall–Kier alpha value is 3.50. The first-order valence-electron chi connectivity index (χ1n) is 2.32. The van der Waals surface area contributed by atoms with Crippen LogP contribution in [0.3, 0.4) is 0 Å². The van der Waals surface area contributed by atoms with Crippen LogP contribution in [0.25, 0.3) is 0 Å². The molecule has 0 aromatic rings. The van der Waals surface area contributed by atoms with Gasteiger partial charge in [0.15, 0.2) is 0 Å². The number of carboxylic acid groups (broad SMARTS) is 2. The quantitative estimate of drug-likeness (QED) is 0.389. The molecular weight excluding hydrogens is 225 g/mol. The van der Waals surface area contributed by atoms with E-state index in [-0.39, 0.29) is 132 Å². The minimum absolute atomic E-state index is 0. The first-order chi connectivity index (χ1) is 3.73. The molecule has 0 saturated heterocycles. The Morgan fingerprint density at radius 3 is 1.08 bits per heavy atom. The zero-order chi connectivity index (χ0) is 8.08. The van der Waals surface area contributed by atoms with E-state index in [4.69, 9.17) is 15.0 Å². The van der Waals surface area contributed by atoms with Crippen molar-refractivity contribution < 1.29 is 152 Å². The molecule has 0 bridgehead atoms. The van der Waals surface area contributed by atoms with Crippen molar-refractivity contribution in [1.82, 2.24) is 0 Å². The number of rotatable bonds is 0. The van der Waals surface area contributed by atoms with E-state index >= 15 is 0 Å². The fourth-order valence-corrected chi connectivity index (χ4v) is 0. The molecule has 4 nitrogen and oxygen atoms in total. The summed E-state index contributed by atoms with van der Waals surface area (Å²) in [7, 11) is 0. The van der Waals surface area contributed by atoms with Crippen molar-refractivity contribution >= 4 is 6.16 Å². The summed E-state index contributed by atoms with van der Waals surface area (Å²) in [5.41, 5.74) is -0.750. The van der Waals surface area contributed by atoms with Gasteiger partial charge in [0.25, 0.3) is 0 Å². The van der Waals surface area contributed by atoms with Crippen LogP contribution in [0.5, 0.6) is 0 Å². The summed E-state index contributed by atoms with van der Waals surface area (Å²) in [5, 5.41) is 26.8. The number of hydrogen-bond donors (Lipinski definition) is 0. The topological polar surface area (TPSA) is 86.2 Å². The third-order valence-corrected chi connectivity index (χ3v) is 0. The summed E-state index contributed by atoms with van der Waals surface area (Å²) >= 11 is 0. The molecule has 0 saturated carbocycles. The molecule has 0 atom stereocenters. The van der Waals surface area contributed by atoms with Crippen molar-refractivity contribution in [3.63, 3.8) is 0 Å². The summed E-state index contributed by atoms with van der Waals surface area (Å²) in [6, 6.07) is 0. The average molecular weight is 234 g/mol. The standard InChI is InChI=1S/C4H9O.CH2O3.2K.Na/c1-4(2,3)5;2-1(3)4;;;/h1-3H3;(H2,2,3,4);;;/q-1;;3*+1/p-2. The minimum atomic E-state index is -2.33. The third kappa shape index (κ3) is 172. The molecule has 0 aromatic heterocycles. The molecule has 56 valence electrons. The van der Waals surface area contributed by atoms with Gasteiger partial charge in [0.2, 0.25) is 0 Å². The zero-order valence-electron chi connectivity index (χ0n) is 8.63. The van der Waals surface area contributed by atoms with E-state index in [9.17, 15) is 5.11 Å². The molecule has 0 radical (unpaired) electrons. The van der Waals surface area contributed by atoms with Crippen molar-refractivity contribution in [2.75, 3.05) is 0 Å². The van der Waals surface area contributed by atoms with Crippen molar-refractivity contribution in [2.45, 2.75) is 26.4 Å². The van der Waals surface area contributed by atoms with Gasteiger partial charge in [0, 0.05) is 0 Å². The van der Waals surface area contributed by atoms with Crippen molar-refractivity contribution in [1.29, 1.82) is 0 Å². The van der Waals surface area contributed by atoms with E-state index in [2.05, 4.69) is 0 Å². The maximum absolute atomic E-state index is 10.1. The van der Waals surface area contributed by atoms with Gasteiger partial charge in [-0.1, -0.05) is 20.8 Å². The number of carbonyl (C=O) groups is 1. The molecule has 12 heavy (non-hydrogen) atoms. The monoisotopic (exact) mass is 234 g/mol. The fourth-order valence-electron chi connectivity index (χ4n) is 0. The van der Waals surface area contributed by atoms with Crippen molar-refractivity contribution in [2.24, 2.45) is 0 Å². The maximum atomic E-state index is 10.1. The van der Waals surface area contributed by atoms with Crippen molar-refractivity contribution in [3.8, 4) is 0 Å². The van der Waals surface area contributed by atoms with E-state index in [1.807, 2.05) is 0 Å². The Kier molecular flexibility index (Phi) is 41.7. The largest absolute Gasteiger partial charge is 1.00 e. The normalized spacial score (nSPS) is 7.00. The van der Waals surface area contributed by atoms with Gasteiger partial charge < -0.3 is 20.1 Å². The molecular formula is C5H9K2NaO4. The minimum Gasteiger partial charge on any atom is -0.850 e. The molecule has 0 aromatic carbocycles. The third-order valence-electron chi connectivity index (χ3n) is 0. The van der Waals surface area contributed by atoms with Crippen LogP contribution in [0.2, 0.25) is 0 Å². The predicted molar refractivity (Wildman–Crippen MR) is 25.1 cm³/mol. The Morgan fingerprint density at radius 2 is 1.08 bits per heavy atom. The van der Waals surface area contributed by atoms with E-state index in [1.165, 1.54) is 0 Å². The first kappa shape index (κ1) is 29.6. The van der Waals surface area contributed by atoms with Crippen molar-refractivity contribution in [3.05, 3.63) is 0 Å². The van der Waals surface area contributed by atoms with Crippen LogP contribution >= 0.6 is 0 Å². The van der Waals surface area contributed by atoms with Gasteiger partial charge in [0.1, 0.15) is 0 Å². The Bertz CT molecular complexity index is 83.9. The Balaban J connectivity index is -0.0000000221. The molecule has 0 N–H and O–H groups in total.